The molecule has 1 amide bonds. The molecule has 8 nitrogen and oxygen atoms in total. The smallest absolute Gasteiger partial charge is 0.225 e. The summed E-state index contributed by atoms with van der Waals surface area (Å²) in [7, 11) is 4.22. The predicted octanol–water partition coefficient (Wildman–Crippen LogP) is 2.07. The van der Waals surface area contributed by atoms with Crippen LogP contribution in [-0.4, -0.2) is 64.1 Å². The van der Waals surface area contributed by atoms with Gasteiger partial charge in [0, 0.05) is 50.3 Å². The number of fused-ring (bicyclic) bond motifs is 1. The van der Waals surface area contributed by atoms with E-state index >= 15 is 0 Å². The highest BCUT2D eigenvalue weighted by Crippen LogP contribution is 2.33. The maximum absolute atomic E-state index is 11.7. The molecule has 4 heterocycles. The second-order valence-electron chi connectivity index (χ2n) is 8.27. The van der Waals surface area contributed by atoms with Gasteiger partial charge >= 0.3 is 0 Å². The van der Waals surface area contributed by atoms with Crippen LogP contribution in [0.25, 0.3) is 0 Å². The molecule has 1 fully saturated rings. The zero-order valence-electron chi connectivity index (χ0n) is 17.7. The molecule has 0 atom stereocenters. The minimum atomic E-state index is 0.0390. The van der Waals surface area contributed by atoms with E-state index in [1.807, 2.05) is 0 Å². The first-order valence-corrected chi connectivity index (χ1v) is 10.6. The summed E-state index contributed by atoms with van der Waals surface area (Å²) in [5, 5.41) is 2.88. The van der Waals surface area contributed by atoms with Gasteiger partial charge in [-0.15, -0.1) is 0 Å². The van der Waals surface area contributed by atoms with Crippen LogP contribution in [0.3, 0.4) is 0 Å². The van der Waals surface area contributed by atoms with Gasteiger partial charge in [-0.1, -0.05) is 6.92 Å². The molecule has 29 heavy (non-hydrogen) atoms. The minimum Gasteiger partial charge on any atom is -0.356 e. The fourth-order valence-electron chi connectivity index (χ4n) is 4.27. The number of hydrogen-bond donors (Lipinski definition) is 1. The maximum Gasteiger partial charge on any atom is 0.225 e. The van der Waals surface area contributed by atoms with Crippen molar-refractivity contribution < 1.29 is 4.79 Å². The minimum absolute atomic E-state index is 0.0390. The number of nitrogens with zero attached hydrogens (tertiary/aromatic N) is 6. The Morgan fingerprint density at radius 3 is 2.72 bits per heavy atom. The Bertz CT molecular complexity index is 868. The summed E-state index contributed by atoms with van der Waals surface area (Å²) in [6.07, 6.45) is 8.11. The zero-order valence-corrected chi connectivity index (χ0v) is 17.7. The average Bonchev–Trinajstić information content (AvgIpc) is 3.15. The Labute approximate surface area is 172 Å². The molecule has 4 rings (SSSR count). The molecule has 1 N–H and O–H groups in total. The fourth-order valence-corrected chi connectivity index (χ4v) is 4.27. The lowest BCUT2D eigenvalue weighted by atomic mass is 9.95. The van der Waals surface area contributed by atoms with E-state index in [0.717, 1.165) is 56.8 Å². The van der Waals surface area contributed by atoms with Gasteiger partial charge in [-0.2, -0.15) is 0 Å². The van der Waals surface area contributed by atoms with Crippen LogP contribution in [0.5, 0.6) is 0 Å². The molecular weight excluding hydrogens is 366 g/mol. The third kappa shape index (κ3) is 4.27. The summed E-state index contributed by atoms with van der Waals surface area (Å²) in [6.45, 7) is 6.06. The van der Waals surface area contributed by atoms with E-state index in [4.69, 9.17) is 4.98 Å². The topological polar surface area (TPSA) is 79.2 Å². The quantitative estimate of drug-likeness (QED) is 0.804. The van der Waals surface area contributed by atoms with Crippen molar-refractivity contribution in [2.75, 3.05) is 43.9 Å². The van der Waals surface area contributed by atoms with Crippen molar-refractivity contribution in [1.82, 2.24) is 24.4 Å². The summed E-state index contributed by atoms with van der Waals surface area (Å²) in [5.41, 5.74) is 2.26. The van der Waals surface area contributed by atoms with Crippen molar-refractivity contribution in [3.05, 3.63) is 29.6 Å². The Kier molecular flexibility index (Phi) is 5.80. The van der Waals surface area contributed by atoms with Crippen molar-refractivity contribution in [3.63, 3.8) is 0 Å². The molecule has 0 aliphatic carbocycles. The molecule has 0 saturated carbocycles. The second kappa shape index (κ2) is 8.49. The zero-order chi connectivity index (χ0) is 20.4. The van der Waals surface area contributed by atoms with E-state index in [1.165, 1.54) is 11.5 Å². The number of hydrogen-bond acceptors (Lipinski definition) is 6. The number of aryl methyl sites for hydroxylation is 1. The first-order valence-electron chi connectivity index (χ1n) is 10.6. The molecule has 0 aromatic carbocycles. The van der Waals surface area contributed by atoms with E-state index in [9.17, 15) is 4.79 Å². The molecule has 0 bridgehead atoms. The van der Waals surface area contributed by atoms with Crippen molar-refractivity contribution in [1.29, 1.82) is 0 Å². The van der Waals surface area contributed by atoms with E-state index in [2.05, 4.69) is 56.9 Å². The van der Waals surface area contributed by atoms with Gasteiger partial charge in [-0.25, -0.2) is 15.0 Å². The number of amides is 1. The highest BCUT2D eigenvalue weighted by Gasteiger charge is 2.28. The van der Waals surface area contributed by atoms with E-state index in [1.54, 1.807) is 6.33 Å². The predicted molar refractivity (Wildman–Crippen MR) is 113 cm³/mol. The first-order chi connectivity index (χ1) is 14.0. The molecule has 156 valence electrons. The second-order valence-corrected chi connectivity index (χ2v) is 8.27. The lowest BCUT2D eigenvalue weighted by Gasteiger charge is -2.34. The number of aromatic nitrogens is 4. The van der Waals surface area contributed by atoms with Gasteiger partial charge in [-0.3, -0.25) is 4.79 Å². The molecule has 0 radical (unpaired) electrons. The molecule has 2 aliphatic heterocycles. The van der Waals surface area contributed by atoms with Gasteiger partial charge in [0.1, 0.15) is 23.8 Å². The molecule has 8 heteroatoms. The number of piperidine rings is 1. The maximum atomic E-state index is 11.7. The third-order valence-electron chi connectivity index (χ3n) is 5.95. The Morgan fingerprint density at radius 2 is 2.00 bits per heavy atom. The number of anilines is 2. The van der Waals surface area contributed by atoms with Gasteiger partial charge < -0.3 is 19.7 Å². The van der Waals surface area contributed by atoms with Gasteiger partial charge in [-0.05, 0) is 39.8 Å². The summed E-state index contributed by atoms with van der Waals surface area (Å²) in [5.74, 6) is 3.42. The SMILES string of the molecule is CCc1cn(CCN(C)C)c(C2CCN(c3ncnc4c3CCC(=O)N4)CC2)n1. The van der Waals surface area contributed by atoms with Crippen LogP contribution in [0.4, 0.5) is 11.6 Å². The van der Waals surface area contributed by atoms with E-state index in [-0.39, 0.29) is 5.91 Å². The Balaban J connectivity index is 1.47. The van der Waals surface area contributed by atoms with Crippen LogP contribution >= 0.6 is 0 Å². The van der Waals surface area contributed by atoms with Crippen molar-refractivity contribution in [3.8, 4) is 0 Å². The number of rotatable bonds is 6. The summed E-state index contributed by atoms with van der Waals surface area (Å²) in [4.78, 5) is 30.0. The standard InChI is InChI=1S/C21H31N7O/c1-4-16-13-28(12-11-26(2)3)20(24-16)15-7-9-27(10-8-15)21-17-5-6-18(29)25-19(17)22-14-23-21/h13-15H,4-12H2,1-3H3,(H,22,23,25,29). The van der Waals surface area contributed by atoms with Crippen molar-refractivity contribution in [2.45, 2.75) is 51.5 Å². The highest BCUT2D eigenvalue weighted by molar-refractivity contribution is 5.93. The normalized spacial score (nSPS) is 17.5. The Hall–Kier alpha value is -2.48. The van der Waals surface area contributed by atoms with Crippen LogP contribution in [0.2, 0.25) is 0 Å². The lowest BCUT2D eigenvalue weighted by molar-refractivity contribution is -0.116. The van der Waals surface area contributed by atoms with Crippen LogP contribution in [0, 0.1) is 0 Å². The largest absolute Gasteiger partial charge is 0.356 e. The van der Waals surface area contributed by atoms with Crippen LogP contribution < -0.4 is 10.2 Å². The number of carbonyl (C=O) groups is 1. The summed E-state index contributed by atoms with van der Waals surface area (Å²) in [6, 6.07) is 0. The number of carbonyl (C=O) groups excluding carboxylic acids is 1. The van der Waals surface area contributed by atoms with Crippen molar-refractivity contribution >= 4 is 17.5 Å². The van der Waals surface area contributed by atoms with Crippen LogP contribution in [0.15, 0.2) is 12.5 Å². The van der Waals surface area contributed by atoms with E-state index < -0.39 is 0 Å². The molecule has 2 aliphatic rings. The number of likely N-dealkylation sites (N-methyl/N-ethyl adjacent to an activating group) is 1. The number of nitrogens with one attached hydrogen (secondary N) is 1. The molecular formula is C21H31N7O. The molecule has 2 aromatic rings. The highest BCUT2D eigenvalue weighted by atomic mass is 16.1. The van der Waals surface area contributed by atoms with Crippen LogP contribution in [0.1, 0.15) is 49.2 Å². The molecule has 0 spiro atoms. The number of imidazole rings is 1. The lowest BCUT2D eigenvalue weighted by Crippen LogP contribution is -2.36. The monoisotopic (exact) mass is 397 g/mol. The van der Waals surface area contributed by atoms with Gasteiger partial charge in [0.15, 0.2) is 0 Å². The van der Waals surface area contributed by atoms with E-state index in [0.29, 0.717) is 24.6 Å². The summed E-state index contributed by atoms with van der Waals surface area (Å²) >= 11 is 0. The first kappa shape index (κ1) is 19.8. The molecule has 1 saturated heterocycles. The fraction of sp³-hybridized carbons (Fsp3) is 0.619. The average molecular weight is 398 g/mol. The van der Waals surface area contributed by atoms with Gasteiger partial charge in [0.05, 0.1) is 5.69 Å². The third-order valence-corrected chi connectivity index (χ3v) is 5.95. The molecule has 2 aromatic heterocycles. The van der Waals surface area contributed by atoms with Gasteiger partial charge in [0.2, 0.25) is 5.91 Å². The van der Waals surface area contributed by atoms with Crippen molar-refractivity contribution in [2.24, 2.45) is 0 Å². The van der Waals surface area contributed by atoms with Crippen LogP contribution in [-0.2, 0) is 24.2 Å². The van der Waals surface area contributed by atoms with Gasteiger partial charge in [0.25, 0.3) is 0 Å². The summed E-state index contributed by atoms with van der Waals surface area (Å²) < 4.78 is 2.36. The Morgan fingerprint density at radius 1 is 1.21 bits per heavy atom. The molecule has 0 unspecified atom stereocenters.